The molecule has 1 aromatic carbocycles. The maximum absolute atomic E-state index is 13.0. The van der Waals surface area contributed by atoms with E-state index in [0.29, 0.717) is 12.0 Å². The first kappa shape index (κ1) is 25.5. The van der Waals surface area contributed by atoms with Gasteiger partial charge >= 0.3 is 0 Å². The third kappa shape index (κ3) is 6.60. The van der Waals surface area contributed by atoms with Crippen LogP contribution in [0.4, 0.5) is 4.39 Å². The lowest BCUT2D eigenvalue weighted by atomic mass is 9.95. The number of hydrogen-bond acceptors (Lipinski definition) is 6. The van der Waals surface area contributed by atoms with E-state index in [2.05, 4.69) is 15.0 Å². The number of carbonyl (C=O) groups excluding carboxylic acids is 1. The van der Waals surface area contributed by atoms with E-state index in [1.165, 1.54) is 35.8 Å². The highest BCUT2D eigenvalue weighted by Gasteiger charge is 2.27. The molecule has 0 aliphatic heterocycles. The largest absolute Gasteiger partial charge is 0.501 e. The number of carbonyl (C=O) groups is 1. The van der Waals surface area contributed by atoms with Crippen LogP contribution in [0.25, 0.3) is 0 Å². The van der Waals surface area contributed by atoms with Crippen LogP contribution in [-0.2, 0) is 28.5 Å². The summed E-state index contributed by atoms with van der Waals surface area (Å²) in [6.07, 6.45) is 0.291. The van der Waals surface area contributed by atoms with Gasteiger partial charge in [0, 0.05) is 25.0 Å². The highest BCUT2D eigenvalue weighted by molar-refractivity contribution is 7.89. The molecule has 0 aliphatic rings. The molecule has 32 heavy (non-hydrogen) atoms. The van der Waals surface area contributed by atoms with Crippen molar-refractivity contribution in [2.24, 2.45) is 0 Å². The summed E-state index contributed by atoms with van der Waals surface area (Å²) in [5.41, 5.74) is -1.18. The Morgan fingerprint density at radius 2 is 1.84 bits per heavy atom. The van der Waals surface area contributed by atoms with Crippen molar-refractivity contribution < 1.29 is 22.7 Å². The van der Waals surface area contributed by atoms with Crippen molar-refractivity contribution in [1.82, 2.24) is 19.6 Å². The summed E-state index contributed by atoms with van der Waals surface area (Å²) in [7, 11) is -3.36. The fraction of sp³-hybridized carbons (Fsp3) is 0.476. The Hall–Kier alpha value is -2.79. The molecule has 9 nitrogen and oxygen atoms in total. The van der Waals surface area contributed by atoms with Gasteiger partial charge in [-0.25, -0.2) is 22.5 Å². The van der Waals surface area contributed by atoms with Crippen LogP contribution in [0.1, 0.15) is 56.0 Å². The average molecular weight is 469 g/mol. The minimum absolute atomic E-state index is 0.0513. The van der Waals surface area contributed by atoms with E-state index in [-0.39, 0.29) is 31.2 Å². The minimum atomic E-state index is -3.36. The molecule has 0 unspecified atom stereocenters. The molecular weight excluding hydrogens is 439 g/mol. The van der Waals surface area contributed by atoms with Crippen LogP contribution in [0.3, 0.4) is 0 Å². The van der Waals surface area contributed by atoms with Crippen molar-refractivity contribution >= 4 is 15.9 Å². The molecule has 11 heteroatoms. The van der Waals surface area contributed by atoms with E-state index in [9.17, 15) is 27.5 Å². The molecule has 0 bridgehead atoms. The van der Waals surface area contributed by atoms with Crippen molar-refractivity contribution in [2.45, 2.75) is 52.6 Å². The predicted molar refractivity (Wildman–Crippen MR) is 119 cm³/mol. The third-order valence-corrected chi connectivity index (χ3v) is 6.06. The maximum Gasteiger partial charge on any atom is 0.296 e. The average Bonchev–Trinajstić information content (AvgIpc) is 2.72. The number of aromatic nitrogens is 2. The number of nitrogens with zero attached hydrogens (tertiary/aromatic N) is 2. The van der Waals surface area contributed by atoms with Crippen LogP contribution < -0.4 is 15.6 Å². The van der Waals surface area contributed by atoms with E-state index in [0.717, 1.165) is 0 Å². The second-order valence-electron chi connectivity index (χ2n) is 8.30. The Morgan fingerprint density at radius 1 is 1.22 bits per heavy atom. The number of rotatable bonds is 9. The number of aromatic hydroxyl groups is 1. The van der Waals surface area contributed by atoms with E-state index in [1.54, 1.807) is 0 Å². The molecule has 0 saturated carbocycles. The Labute approximate surface area is 186 Å². The molecule has 0 atom stereocenters. The van der Waals surface area contributed by atoms with Crippen molar-refractivity contribution in [2.75, 3.05) is 12.3 Å². The SMILES string of the molecule is CCS(=O)(=O)NCCCn1c(C(C)(C)C)nc(C(=O)NCc2ccc(F)cc2)c(O)c1=O. The second kappa shape index (κ2) is 10.2. The fourth-order valence-electron chi connectivity index (χ4n) is 2.92. The zero-order valence-corrected chi connectivity index (χ0v) is 19.4. The van der Waals surface area contributed by atoms with Crippen LogP contribution in [-0.4, -0.2) is 41.3 Å². The van der Waals surface area contributed by atoms with Crippen LogP contribution in [0, 0.1) is 5.82 Å². The van der Waals surface area contributed by atoms with Gasteiger partial charge in [0.2, 0.25) is 15.8 Å². The molecule has 2 rings (SSSR count). The number of sulfonamides is 1. The second-order valence-corrected chi connectivity index (χ2v) is 10.4. The molecule has 176 valence electrons. The quantitative estimate of drug-likeness (QED) is 0.480. The number of benzene rings is 1. The minimum Gasteiger partial charge on any atom is -0.501 e. The first-order valence-corrected chi connectivity index (χ1v) is 11.8. The summed E-state index contributed by atoms with van der Waals surface area (Å²) in [6, 6.07) is 5.54. The van der Waals surface area contributed by atoms with E-state index in [1.807, 2.05) is 20.8 Å². The van der Waals surface area contributed by atoms with Crippen molar-refractivity contribution in [3.63, 3.8) is 0 Å². The molecular formula is C21H29FN4O5S. The zero-order valence-electron chi connectivity index (χ0n) is 18.6. The lowest BCUT2D eigenvalue weighted by molar-refractivity contribution is 0.0941. The molecule has 0 aliphatic carbocycles. The first-order valence-electron chi connectivity index (χ1n) is 10.2. The molecule has 0 fully saturated rings. The number of hydrogen-bond donors (Lipinski definition) is 3. The predicted octanol–water partition coefficient (Wildman–Crippen LogP) is 1.64. The first-order chi connectivity index (χ1) is 14.9. The summed E-state index contributed by atoms with van der Waals surface area (Å²) in [5.74, 6) is -1.70. The van der Waals surface area contributed by atoms with Crippen molar-refractivity contribution in [3.8, 4) is 5.75 Å². The van der Waals surface area contributed by atoms with Gasteiger partial charge in [-0.1, -0.05) is 32.9 Å². The maximum atomic E-state index is 13.0. The molecule has 0 radical (unpaired) electrons. The molecule has 0 saturated heterocycles. The number of nitrogens with one attached hydrogen (secondary N) is 2. The van der Waals surface area contributed by atoms with Gasteiger partial charge in [0.25, 0.3) is 11.5 Å². The highest BCUT2D eigenvalue weighted by Crippen LogP contribution is 2.22. The lowest BCUT2D eigenvalue weighted by Crippen LogP contribution is -2.36. The fourth-order valence-corrected chi connectivity index (χ4v) is 3.58. The molecule has 0 spiro atoms. The number of amides is 1. The normalized spacial score (nSPS) is 12.0. The van der Waals surface area contributed by atoms with E-state index < -0.39 is 44.2 Å². The summed E-state index contributed by atoms with van der Waals surface area (Å²) >= 11 is 0. The molecule has 1 amide bonds. The lowest BCUT2D eigenvalue weighted by Gasteiger charge is -2.24. The Kier molecular flexibility index (Phi) is 8.13. The summed E-state index contributed by atoms with van der Waals surface area (Å²) in [4.78, 5) is 29.7. The van der Waals surface area contributed by atoms with Crippen LogP contribution in [0.15, 0.2) is 29.1 Å². The summed E-state index contributed by atoms with van der Waals surface area (Å²) < 4.78 is 39.8. The van der Waals surface area contributed by atoms with Gasteiger partial charge in [-0.2, -0.15) is 0 Å². The van der Waals surface area contributed by atoms with Gasteiger partial charge in [0.1, 0.15) is 11.6 Å². The topological polar surface area (TPSA) is 130 Å². The molecule has 2 aromatic rings. The smallest absolute Gasteiger partial charge is 0.296 e. The van der Waals surface area contributed by atoms with Crippen LogP contribution in [0.2, 0.25) is 0 Å². The van der Waals surface area contributed by atoms with Gasteiger partial charge in [-0.3, -0.25) is 14.2 Å². The van der Waals surface area contributed by atoms with E-state index >= 15 is 0 Å². The number of halogens is 1. The van der Waals surface area contributed by atoms with Crippen LogP contribution in [0.5, 0.6) is 5.75 Å². The Morgan fingerprint density at radius 3 is 2.41 bits per heavy atom. The van der Waals surface area contributed by atoms with Gasteiger partial charge in [-0.05, 0) is 31.0 Å². The highest BCUT2D eigenvalue weighted by atomic mass is 32.2. The Bertz CT molecular complexity index is 1120. The van der Waals surface area contributed by atoms with Crippen molar-refractivity contribution in [3.05, 3.63) is 57.5 Å². The van der Waals surface area contributed by atoms with Gasteiger partial charge in [-0.15, -0.1) is 0 Å². The molecule has 3 N–H and O–H groups in total. The monoisotopic (exact) mass is 468 g/mol. The zero-order chi connectivity index (χ0) is 24.1. The van der Waals surface area contributed by atoms with Crippen LogP contribution >= 0.6 is 0 Å². The molecule has 1 heterocycles. The standard InChI is InChI=1S/C21H29FN4O5S/c1-5-32(30,31)24-11-6-12-26-19(29)17(27)16(25-20(26)21(2,3)4)18(28)23-13-14-7-9-15(22)10-8-14/h7-10,24,27H,5-6,11-13H2,1-4H3,(H,23,28). The van der Waals surface area contributed by atoms with Gasteiger partial charge in [0.15, 0.2) is 5.69 Å². The van der Waals surface area contributed by atoms with E-state index in [4.69, 9.17) is 0 Å². The third-order valence-electron chi connectivity index (χ3n) is 4.66. The Balaban J connectivity index is 2.26. The van der Waals surface area contributed by atoms with Crippen molar-refractivity contribution in [1.29, 1.82) is 0 Å². The summed E-state index contributed by atoms with van der Waals surface area (Å²) in [5, 5.41) is 12.9. The summed E-state index contributed by atoms with van der Waals surface area (Å²) in [6.45, 7) is 7.23. The molecule has 1 aromatic heterocycles. The van der Waals surface area contributed by atoms with Gasteiger partial charge in [0.05, 0.1) is 5.75 Å². The van der Waals surface area contributed by atoms with Gasteiger partial charge < -0.3 is 10.4 Å².